The number of hydrogen-bond acceptors (Lipinski definition) is 3. The predicted octanol–water partition coefficient (Wildman–Crippen LogP) is 1.57. The van der Waals surface area contributed by atoms with Gasteiger partial charge < -0.3 is 15.2 Å². The molecule has 0 aliphatic carbocycles. The summed E-state index contributed by atoms with van der Waals surface area (Å²) in [6, 6.07) is 2.96. The van der Waals surface area contributed by atoms with Gasteiger partial charge in [0.05, 0.1) is 0 Å². The van der Waals surface area contributed by atoms with Crippen LogP contribution in [0.4, 0.5) is 4.39 Å². The molecule has 1 aromatic carbocycles. The van der Waals surface area contributed by atoms with Gasteiger partial charge in [-0.25, -0.2) is 4.39 Å². The zero-order valence-corrected chi connectivity index (χ0v) is 8.20. The van der Waals surface area contributed by atoms with Crippen LogP contribution < -0.4 is 15.2 Å². The van der Waals surface area contributed by atoms with E-state index in [1.54, 1.807) is 18.2 Å². The second-order valence-electron chi connectivity index (χ2n) is 3.16. The lowest BCUT2D eigenvalue weighted by Gasteiger charge is -2.18. The van der Waals surface area contributed by atoms with Crippen LogP contribution in [-0.4, -0.2) is 19.8 Å². The summed E-state index contributed by atoms with van der Waals surface area (Å²) >= 11 is 0. The Hall–Kier alpha value is -1.55. The van der Waals surface area contributed by atoms with Gasteiger partial charge in [0.1, 0.15) is 19.0 Å². The lowest BCUT2D eigenvalue weighted by Crippen LogP contribution is -2.15. The summed E-state index contributed by atoms with van der Waals surface area (Å²) in [6.45, 7) is 1.34. The third-order valence-electron chi connectivity index (χ3n) is 2.09. The van der Waals surface area contributed by atoms with Crippen molar-refractivity contribution in [2.24, 2.45) is 5.73 Å². The minimum atomic E-state index is -0.330. The highest BCUT2D eigenvalue weighted by atomic mass is 19.1. The van der Waals surface area contributed by atoms with Crippen molar-refractivity contribution in [1.82, 2.24) is 0 Å². The van der Waals surface area contributed by atoms with Crippen LogP contribution in [0, 0.1) is 5.82 Å². The van der Waals surface area contributed by atoms with E-state index >= 15 is 0 Å². The van der Waals surface area contributed by atoms with E-state index in [9.17, 15) is 4.39 Å². The summed E-state index contributed by atoms with van der Waals surface area (Å²) in [5.41, 5.74) is 5.76. The van der Waals surface area contributed by atoms with Crippen LogP contribution in [0.1, 0.15) is 5.56 Å². The first-order valence-corrected chi connectivity index (χ1v) is 4.77. The Morgan fingerprint density at radius 1 is 1.27 bits per heavy atom. The monoisotopic (exact) mass is 209 g/mol. The lowest BCUT2D eigenvalue weighted by molar-refractivity contribution is 0.170. The summed E-state index contributed by atoms with van der Waals surface area (Å²) in [7, 11) is 0. The van der Waals surface area contributed by atoms with Crippen LogP contribution in [0.15, 0.2) is 18.2 Å². The van der Waals surface area contributed by atoms with Crippen LogP contribution >= 0.6 is 0 Å². The summed E-state index contributed by atoms with van der Waals surface area (Å²) in [4.78, 5) is 0. The molecule has 0 bridgehead atoms. The molecule has 0 amide bonds. The summed E-state index contributed by atoms with van der Waals surface area (Å²) in [5, 5.41) is 0. The van der Waals surface area contributed by atoms with Crippen LogP contribution in [0.2, 0.25) is 0 Å². The third-order valence-corrected chi connectivity index (χ3v) is 2.09. The van der Waals surface area contributed by atoms with Gasteiger partial charge in [0.15, 0.2) is 11.5 Å². The molecule has 0 saturated heterocycles. The second kappa shape index (κ2) is 4.31. The van der Waals surface area contributed by atoms with Gasteiger partial charge in [-0.1, -0.05) is 12.2 Å². The Kier molecular flexibility index (Phi) is 2.87. The van der Waals surface area contributed by atoms with Crippen molar-refractivity contribution < 1.29 is 13.9 Å². The average Bonchev–Trinajstić information content (AvgIpc) is 2.26. The van der Waals surface area contributed by atoms with E-state index in [1.807, 2.05) is 0 Å². The molecule has 2 rings (SSSR count). The van der Waals surface area contributed by atoms with Gasteiger partial charge in [0, 0.05) is 18.2 Å². The molecule has 0 aromatic heterocycles. The first-order chi connectivity index (χ1) is 7.31. The maximum Gasteiger partial charge on any atom is 0.164 e. The van der Waals surface area contributed by atoms with Crippen molar-refractivity contribution in [3.8, 4) is 11.5 Å². The molecule has 1 aromatic rings. The summed E-state index contributed by atoms with van der Waals surface area (Å²) in [5.74, 6) is 0.715. The Morgan fingerprint density at radius 3 is 2.60 bits per heavy atom. The van der Waals surface area contributed by atoms with E-state index in [1.165, 1.54) is 6.07 Å². The number of ether oxygens (including phenoxy) is 2. The van der Waals surface area contributed by atoms with Crippen molar-refractivity contribution in [2.45, 2.75) is 0 Å². The van der Waals surface area contributed by atoms with Crippen molar-refractivity contribution in [3.05, 3.63) is 29.6 Å². The molecule has 0 fully saturated rings. The predicted molar refractivity (Wildman–Crippen MR) is 55.5 cm³/mol. The summed E-state index contributed by atoms with van der Waals surface area (Å²) < 4.78 is 24.1. The number of benzene rings is 1. The van der Waals surface area contributed by atoms with Crippen LogP contribution in [0.5, 0.6) is 11.5 Å². The number of nitrogens with two attached hydrogens (primary N) is 1. The van der Waals surface area contributed by atoms with Crippen molar-refractivity contribution in [2.75, 3.05) is 19.8 Å². The van der Waals surface area contributed by atoms with Gasteiger partial charge >= 0.3 is 0 Å². The smallest absolute Gasteiger partial charge is 0.164 e. The highest BCUT2D eigenvalue weighted by Crippen LogP contribution is 2.32. The molecule has 3 nitrogen and oxygen atoms in total. The van der Waals surface area contributed by atoms with Crippen LogP contribution in [-0.2, 0) is 0 Å². The first-order valence-electron chi connectivity index (χ1n) is 4.77. The molecule has 0 radical (unpaired) electrons. The highest BCUT2D eigenvalue weighted by molar-refractivity contribution is 5.57. The molecule has 1 heterocycles. The third kappa shape index (κ3) is 2.10. The molecular weight excluding hydrogens is 197 g/mol. The lowest BCUT2D eigenvalue weighted by atomic mass is 10.1. The zero-order valence-electron chi connectivity index (χ0n) is 8.20. The van der Waals surface area contributed by atoms with Gasteiger partial charge in [-0.3, -0.25) is 0 Å². The fraction of sp³-hybridized carbons (Fsp3) is 0.273. The van der Waals surface area contributed by atoms with E-state index < -0.39 is 0 Å². The number of hydrogen-bond donors (Lipinski definition) is 1. The standard InChI is InChI=1S/C11H12FNO2/c12-9-7-11-10(14-4-5-15-11)6-8(9)2-1-3-13/h1-2,6-7H,3-5,13H2/b2-1+. The van der Waals surface area contributed by atoms with Gasteiger partial charge in [0.2, 0.25) is 0 Å². The number of halogens is 1. The van der Waals surface area contributed by atoms with Crippen molar-refractivity contribution >= 4 is 6.08 Å². The molecular formula is C11H12FNO2. The fourth-order valence-corrected chi connectivity index (χ4v) is 1.40. The van der Waals surface area contributed by atoms with Gasteiger partial charge in [-0.05, 0) is 6.07 Å². The fourth-order valence-electron chi connectivity index (χ4n) is 1.40. The van der Waals surface area contributed by atoms with E-state index in [0.29, 0.717) is 36.8 Å². The zero-order chi connectivity index (χ0) is 10.7. The molecule has 0 spiro atoms. The topological polar surface area (TPSA) is 44.5 Å². The Balaban J connectivity index is 2.36. The maximum atomic E-state index is 13.5. The van der Waals surface area contributed by atoms with Crippen LogP contribution in [0.3, 0.4) is 0 Å². The molecule has 1 aliphatic heterocycles. The summed E-state index contributed by atoms with van der Waals surface area (Å²) in [6.07, 6.45) is 3.32. The molecule has 80 valence electrons. The Morgan fingerprint density at radius 2 is 1.93 bits per heavy atom. The molecule has 0 atom stereocenters. The van der Waals surface area contributed by atoms with Crippen molar-refractivity contribution in [1.29, 1.82) is 0 Å². The maximum absolute atomic E-state index is 13.5. The van der Waals surface area contributed by atoms with E-state index in [0.717, 1.165) is 0 Å². The van der Waals surface area contributed by atoms with Crippen molar-refractivity contribution in [3.63, 3.8) is 0 Å². The minimum Gasteiger partial charge on any atom is -0.486 e. The number of fused-ring (bicyclic) bond motifs is 1. The minimum absolute atomic E-state index is 0.330. The molecule has 4 heteroatoms. The van der Waals surface area contributed by atoms with E-state index in [-0.39, 0.29) is 5.82 Å². The molecule has 2 N–H and O–H groups in total. The average molecular weight is 209 g/mol. The highest BCUT2D eigenvalue weighted by Gasteiger charge is 2.14. The number of rotatable bonds is 2. The van der Waals surface area contributed by atoms with Gasteiger partial charge in [-0.15, -0.1) is 0 Å². The second-order valence-corrected chi connectivity index (χ2v) is 3.16. The van der Waals surface area contributed by atoms with E-state index in [2.05, 4.69) is 0 Å². The molecule has 15 heavy (non-hydrogen) atoms. The normalized spacial score (nSPS) is 14.5. The Labute approximate surface area is 87.3 Å². The SMILES string of the molecule is NC/C=C/c1cc2c(cc1F)OCCO2. The van der Waals surface area contributed by atoms with E-state index in [4.69, 9.17) is 15.2 Å². The van der Waals surface area contributed by atoms with Gasteiger partial charge in [0.25, 0.3) is 0 Å². The molecule has 1 aliphatic rings. The largest absolute Gasteiger partial charge is 0.486 e. The quantitative estimate of drug-likeness (QED) is 0.804. The molecule has 0 unspecified atom stereocenters. The Bertz CT molecular complexity index is 390. The van der Waals surface area contributed by atoms with Gasteiger partial charge in [-0.2, -0.15) is 0 Å². The van der Waals surface area contributed by atoms with Crippen LogP contribution in [0.25, 0.3) is 6.08 Å². The first kappa shape index (κ1) is 9.98. The molecule has 0 saturated carbocycles.